The molecule has 0 fully saturated rings. The van der Waals surface area contributed by atoms with Crippen LogP contribution in [0.2, 0.25) is 5.02 Å². The van der Waals surface area contributed by atoms with Gasteiger partial charge in [0, 0.05) is 6.54 Å². The van der Waals surface area contributed by atoms with E-state index in [1.807, 2.05) is 19.0 Å². The van der Waals surface area contributed by atoms with Crippen molar-refractivity contribution in [3.8, 4) is 5.75 Å². The standard InChI is InChI=1S/C12H19ClN2O3S/c1-15(2)8-4-7-14-19(16,17)10-5-6-12(18-3)11(13)9-10/h5-6,9,14H,4,7-8H2,1-3H3. The lowest BCUT2D eigenvalue weighted by Crippen LogP contribution is -2.27. The van der Waals surface area contributed by atoms with Gasteiger partial charge in [0.2, 0.25) is 10.0 Å². The fraction of sp³-hybridized carbons (Fsp3) is 0.500. The molecule has 0 aliphatic carbocycles. The van der Waals surface area contributed by atoms with Crippen LogP contribution in [0.3, 0.4) is 0 Å². The number of hydrogen-bond acceptors (Lipinski definition) is 4. The van der Waals surface area contributed by atoms with Crippen molar-refractivity contribution < 1.29 is 13.2 Å². The normalized spacial score (nSPS) is 11.8. The second kappa shape index (κ2) is 7.09. The minimum Gasteiger partial charge on any atom is -0.495 e. The maximum atomic E-state index is 12.0. The first-order chi connectivity index (χ1) is 8.86. The van der Waals surface area contributed by atoms with Gasteiger partial charge in [0.25, 0.3) is 0 Å². The third-order valence-corrected chi connectivity index (χ3v) is 4.26. The molecule has 1 rings (SSSR count). The minimum atomic E-state index is -3.51. The van der Waals surface area contributed by atoms with Gasteiger partial charge in [-0.05, 0) is 45.3 Å². The molecular formula is C12H19ClN2O3S. The highest BCUT2D eigenvalue weighted by atomic mass is 35.5. The van der Waals surface area contributed by atoms with Crippen molar-refractivity contribution in [3.63, 3.8) is 0 Å². The van der Waals surface area contributed by atoms with E-state index in [9.17, 15) is 8.42 Å². The Morgan fingerprint density at radius 3 is 2.58 bits per heavy atom. The van der Waals surface area contributed by atoms with Crippen LogP contribution in [-0.2, 0) is 10.0 Å². The van der Waals surface area contributed by atoms with Gasteiger partial charge in [-0.25, -0.2) is 13.1 Å². The Labute approximate surface area is 119 Å². The lowest BCUT2D eigenvalue weighted by Gasteiger charge is -2.11. The zero-order valence-corrected chi connectivity index (χ0v) is 12.9. The van der Waals surface area contributed by atoms with Crippen molar-refractivity contribution in [1.82, 2.24) is 9.62 Å². The van der Waals surface area contributed by atoms with Crippen LogP contribution >= 0.6 is 11.6 Å². The van der Waals surface area contributed by atoms with Crippen molar-refractivity contribution >= 4 is 21.6 Å². The Kier molecular flexibility index (Phi) is 6.06. The van der Waals surface area contributed by atoms with Crippen LogP contribution in [0.5, 0.6) is 5.75 Å². The zero-order chi connectivity index (χ0) is 14.5. The summed E-state index contributed by atoms with van der Waals surface area (Å²) in [6.45, 7) is 1.22. The molecule has 108 valence electrons. The van der Waals surface area contributed by atoms with E-state index in [4.69, 9.17) is 16.3 Å². The summed E-state index contributed by atoms with van der Waals surface area (Å²) in [5, 5.41) is 0.277. The van der Waals surface area contributed by atoms with Gasteiger partial charge >= 0.3 is 0 Å². The van der Waals surface area contributed by atoms with Gasteiger partial charge in [-0.3, -0.25) is 0 Å². The summed E-state index contributed by atoms with van der Waals surface area (Å²) in [6, 6.07) is 4.39. The molecule has 0 heterocycles. The number of halogens is 1. The SMILES string of the molecule is COc1ccc(S(=O)(=O)NCCCN(C)C)cc1Cl. The molecule has 1 N–H and O–H groups in total. The van der Waals surface area contributed by atoms with E-state index in [-0.39, 0.29) is 9.92 Å². The van der Waals surface area contributed by atoms with Gasteiger partial charge in [0.15, 0.2) is 0 Å². The van der Waals surface area contributed by atoms with Crippen LogP contribution in [0, 0.1) is 0 Å². The van der Waals surface area contributed by atoms with Crippen LogP contribution in [-0.4, -0.2) is 47.6 Å². The van der Waals surface area contributed by atoms with Gasteiger partial charge < -0.3 is 9.64 Å². The van der Waals surface area contributed by atoms with Crippen molar-refractivity contribution in [3.05, 3.63) is 23.2 Å². The summed E-state index contributed by atoms with van der Waals surface area (Å²) >= 11 is 5.91. The zero-order valence-electron chi connectivity index (χ0n) is 11.3. The predicted molar refractivity (Wildman–Crippen MR) is 76.4 cm³/mol. The average Bonchev–Trinajstić information content (AvgIpc) is 2.34. The summed E-state index contributed by atoms with van der Waals surface area (Å²) in [5.41, 5.74) is 0. The van der Waals surface area contributed by atoms with Crippen molar-refractivity contribution in [2.24, 2.45) is 0 Å². The van der Waals surface area contributed by atoms with E-state index < -0.39 is 10.0 Å². The number of hydrogen-bond donors (Lipinski definition) is 1. The molecule has 0 saturated heterocycles. The molecular weight excluding hydrogens is 288 g/mol. The maximum Gasteiger partial charge on any atom is 0.240 e. The van der Waals surface area contributed by atoms with Crippen LogP contribution < -0.4 is 9.46 Å². The van der Waals surface area contributed by atoms with Crippen molar-refractivity contribution in [2.75, 3.05) is 34.3 Å². The molecule has 0 aliphatic rings. The lowest BCUT2D eigenvalue weighted by atomic mass is 10.3. The van der Waals surface area contributed by atoms with Gasteiger partial charge in [-0.2, -0.15) is 0 Å². The van der Waals surface area contributed by atoms with Gasteiger partial charge in [0.05, 0.1) is 17.0 Å². The molecule has 0 atom stereocenters. The van der Waals surface area contributed by atoms with Crippen LogP contribution in [0.25, 0.3) is 0 Å². The first-order valence-corrected chi connectivity index (χ1v) is 7.71. The van der Waals surface area contributed by atoms with Gasteiger partial charge in [-0.15, -0.1) is 0 Å². The molecule has 7 heteroatoms. The maximum absolute atomic E-state index is 12.0. The second-order valence-electron chi connectivity index (χ2n) is 4.35. The summed E-state index contributed by atoms with van der Waals surface area (Å²) in [5.74, 6) is 0.452. The van der Waals surface area contributed by atoms with E-state index in [2.05, 4.69) is 4.72 Å². The summed E-state index contributed by atoms with van der Waals surface area (Å²) in [6.07, 6.45) is 0.746. The molecule has 0 saturated carbocycles. The first-order valence-electron chi connectivity index (χ1n) is 5.85. The Morgan fingerprint density at radius 1 is 1.37 bits per heavy atom. The Morgan fingerprint density at radius 2 is 2.05 bits per heavy atom. The Balaban J connectivity index is 2.69. The van der Waals surface area contributed by atoms with Crippen molar-refractivity contribution in [2.45, 2.75) is 11.3 Å². The number of rotatable bonds is 7. The number of ether oxygens (including phenoxy) is 1. The fourth-order valence-electron chi connectivity index (χ4n) is 1.50. The molecule has 0 bridgehead atoms. The lowest BCUT2D eigenvalue weighted by molar-refractivity contribution is 0.400. The molecule has 1 aromatic rings. The number of nitrogens with one attached hydrogen (secondary N) is 1. The fourth-order valence-corrected chi connectivity index (χ4v) is 2.92. The second-order valence-corrected chi connectivity index (χ2v) is 6.53. The van der Waals surface area contributed by atoms with Gasteiger partial charge in [-0.1, -0.05) is 11.6 Å². The highest BCUT2D eigenvalue weighted by Gasteiger charge is 2.15. The number of nitrogens with zero attached hydrogens (tertiary/aromatic N) is 1. The number of methoxy groups -OCH3 is 1. The summed E-state index contributed by atoms with van der Waals surface area (Å²) in [4.78, 5) is 2.14. The number of benzene rings is 1. The molecule has 0 unspecified atom stereocenters. The molecule has 0 aliphatic heterocycles. The largest absolute Gasteiger partial charge is 0.495 e. The topological polar surface area (TPSA) is 58.6 Å². The van der Waals surface area contributed by atoms with E-state index in [0.29, 0.717) is 12.3 Å². The smallest absolute Gasteiger partial charge is 0.240 e. The summed E-state index contributed by atoms with van der Waals surface area (Å²) in [7, 11) is 1.85. The highest BCUT2D eigenvalue weighted by molar-refractivity contribution is 7.89. The van der Waals surface area contributed by atoms with Gasteiger partial charge in [0.1, 0.15) is 5.75 Å². The Hall–Kier alpha value is -0.820. The number of sulfonamides is 1. The molecule has 0 spiro atoms. The van der Waals surface area contributed by atoms with E-state index >= 15 is 0 Å². The van der Waals surface area contributed by atoms with E-state index in [0.717, 1.165) is 13.0 Å². The van der Waals surface area contributed by atoms with Crippen LogP contribution in [0.4, 0.5) is 0 Å². The minimum absolute atomic E-state index is 0.142. The molecule has 0 radical (unpaired) electrons. The van der Waals surface area contributed by atoms with Crippen LogP contribution in [0.1, 0.15) is 6.42 Å². The predicted octanol–water partition coefficient (Wildman–Crippen LogP) is 1.58. The molecule has 19 heavy (non-hydrogen) atoms. The first kappa shape index (κ1) is 16.2. The van der Waals surface area contributed by atoms with E-state index in [1.165, 1.54) is 25.3 Å². The molecule has 0 amide bonds. The van der Waals surface area contributed by atoms with E-state index in [1.54, 1.807) is 0 Å². The third-order valence-electron chi connectivity index (χ3n) is 2.51. The van der Waals surface area contributed by atoms with Crippen molar-refractivity contribution in [1.29, 1.82) is 0 Å². The Bertz CT molecular complexity index is 518. The molecule has 0 aromatic heterocycles. The molecule has 1 aromatic carbocycles. The third kappa shape index (κ3) is 4.99. The monoisotopic (exact) mass is 306 g/mol. The molecule has 5 nitrogen and oxygen atoms in total. The average molecular weight is 307 g/mol. The van der Waals surface area contributed by atoms with Crippen LogP contribution in [0.15, 0.2) is 23.1 Å². The quantitative estimate of drug-likeness (QED) is 0.777. The summed E-state index contributed by atoms with van der Waals surface area (Å²) < 4.78 is 31.5. The highest BCUT2D eigenvalue weighted by Crippen LogP contribution is 2.26.